The number of aliphatic hydroxyl groups excluding tert-OH is 1. The van der Waals surface area contributed by atoms with E-state index in [9.17, 15) is 19.5 Å². The number of carbonyl (C=O) groups excluding carboxylic acids is 3. The van der Waals surface area contributed by atoms with Crippen molar-refractivity contribution in [2.45, 2.75) is 90.6 Å². The molecule has 0 bridgehead atoms. The third kappa shape index (κ3) is 11.8. The number of hydrogen-bond donors (Lipinski definition) is 4. The molecule has 290 valence electrons. The van der Waals surface area contributed by atoms with Crippen molar-refractivity contribution in [3.05, 3.63) is 102 Å². The normalized spacial score (nSPS) is 13.7. The number of amides is 3. The molecule has 3 amide bonds. The number of methoxy groups -OCH3 is 1. The van der Waals surface area contributed by atoms with E-state index < -0.39 is 41.8 Å². The summed E-state index contributed by atoms with van der Waals surface area (Å²) in [4.78, 5) is 40.3. The van der Waals surface area contributed by atoms with Gasteiger partial charge in [0.05, 0.1) is 25.9 Å². The van der Waals surface area contributed by atoms with Gasteiger partial charge in [-0.1, -0.05) is 119 Å². The smallest absolute Gasteiger partial charge is 0.421 e. The maximum absolute atomic E-state index is 13.7. The first-order valence-electron chi connectivity index (χ1n) is 18.5. The number of alkyl carbamates (subject to hydrolysis) is 1. The number of aliphatic hydroxyl groups is 1. The summed E-state index contributed by atoms with van der Waals surface area (Å²) in [7, 11) is 1.24. The molecule has 0 spiro atoms. The zero-order chi connectivity index (χ0) is 39.1. The van der Waals surface area contributed by atoms with Crippen LogP contribution in [0.1, 0.15) is 70.6 Å². The van der Waals surface area contributed by atoms with Crippen LogP contribution in [0.3, 0.4) is 0 Å². The van der Waals surface area contributed by atoms with Crippen LogP contribution >= 0.6 is 0 Å². The number of hydrazine groups is 1. The van der Waals surface area contributed by atoms with Gasteiger partial charge >= 0.3 is 12.2 Å². The monoisotopic (exact) mass is 742 g/mol. The van der Waals surface area contributed by atoms with Gasteiger partial charge in [-0.2, -0.15) is 4.80 Å². The number of carbonyl (C=O) groups is 3. The van der Waals surface area contributed by atoms with E-state index in [1.807, 2.05) is 120 Å². The molecular weight excluding hydrogens is 688 g/mol. The van der Waals surface area contributed by atoms with Crippen molar-refractivity contribution in [2.24, 2.45) is 5.92 Å². The molecule has 4 rings (SSSR count). The molecule has 4 atom stereocenters. The standard InChI is InChI=1S/C40H54N8O6/c1-7-9-24-54-39(52)45-47(26-30-20-22-31(23-21-30)36-43-46-48(44-36)40(4,5)32-18-14-11-15-19-32)27-34(49)33(25-29-16-12-10-13-17-29)41-37(50)35(28(3)8-2)42-38(51)53-6/h10-23,28,33-35,49H,7-9,24-27H2,1-6H3,(H,41,50)(H,42,51)(H,45,52)/t28-,33?,34?,35-/m0/s1. The first-order chi connectivity index (χ1) is 25.9. The molecule has 4 N–H and O–H groups in total. The average molecular weight is 743 g/mol. The highest BCUT2D eigenvalue weighted by Gasteiger charge is 2.32. The molecule has 14 nitrogen and oxygen atoms in total. The Balaban J connectivity index is 1.54. The van der Waals surface area contributed by atoms with Crippen molar-refractivity contribution in [1.29, 1.82) is 0 Å². The van der Waals surface area contributed by atoms with Crippen LogP contribution in [-0.4, -0.2) is 86.9 Å². The number of nitrogens with zero attached hydrogens (tertiary/aromatic N) is 5. The molecule has 0 saturated carbocycles. The third-order valence-electron chi connectivity index (χ3n) is 9.41. The summed E-state index contributed by atoms with van der Waals surface area (Å²) in [6.07, 6.45) is -0.0694. The fourth-order valence-corrected chi connectivity index (χ4v) is 5.79. The molecule has 0 aliphatic carbocycles. The summed E-state index contributed by atoms with van der Waals surface area (Å²) < 4.78 is 10.2. The molecule has 1 heterocycles. The van der Waals surface area contributed by atoms with Gasteiger partial charge in [0, 0.05) is 18.7 Å². The summed E-state index contributed by atoms with van der Waals surface area (Å²) in [6.45, 7) is 10.2. The van der Waals surface area contributed by atoms with E-state index in [0.717, 1.165) is 28.7 Å². The van der Waals surface area contributed by atoms with Crippen molar-refractivity contribution in [3.8, 4) is 11.4 Å². The minimum atomic E-state index is -1.16. The van der Waals surface area contributed by atoms with Crippen LogP contribution in [0, 0.1) is 5.92 Å². The molecule has 0 saturated heterocycles. The number of nitrogens with one attached hydrogen (secondary N) is 3. The quantitative estimate of drug-likeness (QED) is 0.0737. The van der Waals surface area contributed by atoms with Gasteiger partial charge in [0.15, 0.2) is 0 Å². The number of hydrogen-bond acceptors (Lipinski definition) is 10. The Bertz CT molecular complexity index is 1750. The predicted molar refractivity (Wildman–Crippen MR) is 205 cm³/mol. The minimum absolute atomic E-state index is 0.0642. The van der Waals surface area contributed by atoms with Crippen LogP contribution in [0.25, 0.3) is 11.4 Å². The van der Waals surface area contributed by atoms with E-state index in [4.69, 9.17) is 9.47 Å². The van der Waals surface area contributed by atoms with E-state index >= 15 is 0 Å². The molecule has 0 radical (unpaired) electrons. The lowest BCUT2D eigenvalue weighted by molar-refractivity contribution is -0.126. The van der Waals surface area contributed by atoms with Gasteiger partial charge in [-0.05, 0) is 54.5 Å². The van der Waals surface area contributed by atoms with Gasteiger partial charge in [-0.25, -0.2) is 14.6 Å². The SMILES string of the molecule is CCCCOC(=O)NN(Cc1ccc(-c2nnn(C(C)(C)c3ccccc3)n2)cc1)CC(O)C(Cc1ccccc1)NC(=O)[C@@H](NC(=O)OC)[C@@H](C)CC. The average Bonchev–Trinajstić information content (AvgIpc) is 3.69. The Morgan fingerprint density at radius 1 is 0.907 bits per heavy atom. The van der Waals surface area contributed by atoms with Crippen LogP contribution in [-0.2, 0) is 32.8 Å². The van der Waals surface area contributed by atoms with E-state index in [1.165, 1.54) is 7.11 Å². The Hall–Kier alpha value is -5.34. The Morgan fingerprint density at radius 2 is 1.57 bits per heavy atom. The lowest BCUT2D eigenvalue weighted by atomic mass is 9.95. The van der Waals surface area contributed by atoms with Gasteiger partial charge in [0.1, 0.15) is 11.6 Å². The molecule has 0 aliphatic rings. The summed E-state index contributed by atoms with van der Waals surface area (Å²) in [6, 6.07) is 25.3. The molecule has 1 aromatic heterocycles. The van der Waals surface area contributed by atoms with Crippen LogP contribution in [0.2, 0.25) is 0 Å². The highest BCUT2D eigenvalue weighted by molar-refractivity contribution is 5.86. The zero-order valence-corrected chi connectivity index (χ0v) is 32.1. The van der Waals surface area contributed by atoms with Crippen molar-refractivity contribution in [3.63, 3.8) is 0 Å². The van der Waals surface area contributed by atoms with Crippen LogP contribution in [0.5, 0.6) is 0 Å². The van der Waals surface area contributed by atoms with Gasteiger partial charge in [0.2, 0.25) is 11.7 Å². The van der Waals surface area contributed by atoms with Crippen molar-refractivity contribution >= 4 is 18.1 Å². The van der Waals surface area contributed by atoms with E-state index in [2.05, 4.69) is 31.5 Å². The molecule has 14 heteroatoms. The molecule has 0 fully saturated rings. The lowest BCUT2D eigenvalue weighted by Crippen LogP contribution is -2.57. The number of unbranched alkanes of at least 4 members (excludes halogenated alkanes) is 1. The Labute approximate surface area is 317 Å². The third-order valence-corrected chi connectivity index (χ3v) is 9.41. The highest BCUT2D eigenvalue weighted by atomic mass is 16.6. The van der Waals surface area contributed by atoms with Crippen molar-refractivity contribution in [1.82, 2.24) is 41.3 Å². The van der Waals surface area contributed by atoms with Crippen LogP contribution < -0.4 is 16.1 Å². The van der Waals surface area contributed by atoms with Crippen LogP contribution in [0.4, 0.5) is 9.59 Å². The number of rotatable bonds is 19. The second-order valence-corrected chi connectivity index (χ2v) is 13.9. The first kappa shape index (κ1) is 41.4. The largest absolute Gasteiger partial charge is 0.453 e. The number of benzene rings is 3. The van der Waals surface area contributed by atoms with Gasteiger partial charge in [-0.3, -0.25) is 10.2 Å². The summed E-state index contributed by atoms with van der Waals surface area (Å²) in [5.74, 6) is -0.207. The van der Waals surface area contributed by atoms with Gasteiger partial charge in [0.25, 0.3) is 0 Å². The zero-order valence-electron chi connectivity index (χ0n) is 32.1. The Morgan fingerprint density at radius 3 is 2.20 bits per heavy atom. The van der Waals surface area contributed by atoms with Crippen molar-refractivity contribution in [2.75, 3.05) is 20.3 Å². The molecule has 54 heavy (non-hydrogen) atoms. The molecule has 3 aromatic carbocycles. The fraction of sp³-hybridized carbons (Fsp3) is 0.450. The second kappa shape index (κ2) is 20.2. The maximum atomic E-state index is 13.7. The molecule has 0 aliphatic heterocycles. The number of aromatic nitrogens is 4. The van der Waals surface area contributed by atoms with Gasteiger partial charge in [-0.15, -0.1) is 10.2 Å². The highest BCUT2D eigenvalue weighted by Crippen LogP contribution is 2.25. The van der Waals surface area contributed by atoms with E-state index in [0.29, 0.717) is 18.7 Å². The summed E-state index contributed by atoms with van der Waals surface area (Å²) >= 11 is 0. The van der Waals surface area contributed by atoms with Crippen LogP contribution in [0.15, 0.2) is 84.9 Å². The minimum Gasteiger partial charge on any atom is -0.453 e. The number of tetrazole rings is 1. The lowest BCUT2D eigenvalue weighted by Gasteiger charge is -2.32. The first-order valence-corrected chi connectivity index (χ1v) is 18.5. The molecule has 2 unspecified atom stereocenters. The number of ether oxygens (including phenoxy) is 2. The van der Waals surface area contributed by atoms with E-state index in [1.54, 1.807) is 9.81 Å². The molecule has 4 aromatic rings. The fourth-order valence-electron chi connectivity index (χ4n) is 5.79. The van der Waals surface area contributed by atoms with Crippen molar-refractivity contribution < 1.29 is 29.0 Å². The summed E-state index contributed by atoms with van der Waals surface area (Å²) in [5, 5.41) is 32.2. The maximum Gasteiger partial charge on any atom is 0.421 e. The topological polar surface area (TPSA) is 173 Å². The summed E-state index contributed by atoms with van der Waals surface area (Å²) in [5.41, 5.74) is 5.77. The Kier molecular flexibility index (Phi) is 15.5. The predicted octanol–water partition coefficient (Wildman–Crippen LogP) is 5.23. The molecular formula is C40H54N8O6. The van der Waals surface area contributed by atoms with Gasteiger partial charge < -0.3 is 25.2 Å². The van der Waals surface area contributed by atoms with E-state index in [-0.39, 0.29) is 32.0 Å². The second-order valence-electron chi connectivity index (χ2n) is 13.9.